The molecule has 0 radical (unpaired) electrons. The molecule has 1 heterocycles. The van der Waals surface area contributed by atoms with Crippen LogP contribution in [0.1, 0.15) is 11.1 Å². The van der Waals surface area contributed by atoms with E-state index in [0.29, 0.717) is 0 Å². The van der Waals surface area contributed by atoms with Crippen molar-refractivity contribution < 1.29 is 0 Å². The summed E-state index contributed by atoms with van der Waals surface area (Å²) < 4.78 is 2.66. The molecule has 3 aromatic rings. The normalized spacial score (nSPS) is 11.2. The van der Waals surface area contributed by atoms with Gasteiger partial charge in [-0.2, -0.15) is 9.78 Å². The Labute approximate surface area is 151 Å². The lowest BCUT2D eigenvalue weighted by Crippen LogP contribution is -1.93. The topological polar surface area (TPSA) is 43.1 Å². The van der Waals surface area contributed by atoms with Crippen LogP contribution in [0.3, 0.4) is 0 Å². The summed E-state index contributed by atoms with van der Waals surface area (Å²) in [5, 5.41) is 13.9. The van der Waals surface area contributed by atoms with Crippen molar-refractivity contribution in [2.45, 2.75) is 10.9 Å². The minimum Gasteiger partial charge on any atom is -0.195 e. The summed E-state index contributed by atoms with van der Waals surface area (Å²) in [5.74, 6) is 0.778. The predicted molar refractivity (Wildman–Crippen MR) is 98.2 cm³/mol. The van der Waals surface area contributed by atoms with Crippen molar-refractivity contribution in [1.29, 1.82) is 0 Å². The molecular weight excluding hydrogens is 396 g/mol. The van der Waals surface area contributed by atoms with Crippen molar-refractivity contribution in [3.63, 3.8) is 0 Å². The third-order valence-corrected chi connectivity index (χ3v) is 4.99. The van der Waals surface area contributed by atoms with E-state index in [1.54, 1.807) is 29.0 Å². The Balaban J connectivity index is 1.70. The monoisotopic (exact) mass is 406 g/mol. The highest BCUT2D eigenvalue weighted by Gasteiger charge is 2.05. The van der Waals surface area contributed by atoms with Crippen molar-refractivity contribution >= 4 is 45.5 Å². The van der Waals surface area contributed by atoms with Crippen LogP contribution in [0, 0.1) is 0 Å². The van der Waals surface area contributed by atoms with Gasteiger partial charge >= 0.3 is 0 Å². The first-order valence-electron chi connectivity index (χ1n) is 6.78. The van der Waals surface area contributed by atoms with Gasteiger partial charge in [-0.1, -0.05) is 69.6 Å². The fourth-order valence-corrected chi connectivity index (χ4v) is 3.16. The molecule has 0 amide bonds. The van der Waals surface area contributed by atoms with Crippen molar-refractivity contribution in [1.82, 2.24) is 14.9 Å². The smallest absolute Gasteiger partial charge is 0.195 e. The molecule has 0 aliphatic carbocycles. The Morgan fingerprint density at radius 2 is 1.96 bits per heavy atom. The molecule has 116 valence electrons. The van der Waals surface area contributed by atoms with E-state index in [9.17, 15) is 0 Å². The Morgan fingerprint density at radius 1 is 1.17 bits per heavy atom. The van der Waals surface area contributed by atoms with Gasteiger partial charge in [0, 0.05) is 20.8 Å². The Hall–Kier alpha value is -1.63. The van der Waals surface area contributed by atoms with Crippen molar-refractivity contribution in [3.8, 4) is 0 Å². The number of rotatable bonds is 5. The van der Waals surface area contributed by atoms with Crippen LogP contribution in [0.15, 0.2) is 69.6 Å². The lowest BCUT2D eigenvalue weighted by molar-refractivity contribution is 0.767. The van der Waals surface area contributed by atoms with Gasteiger partial charge in [0.05, 0.1) is 6.21 Å². The number of benzene rings is 2. The van der Waals surface area contributed by atoms with Crippen molar-refractivity contribution in [2.75, 3.05) is 0 Å². The van der Waals surface area contributed by atoms with E-state index < -0.39 is 0 Å². The molecule has 0 spiro atoms. The molecule has 1 aromatic heterocycles. The van der Waals surface area contributed by atoms with E-state index in [4.69, 9.17) is 11.6 Å². The van der Waals surface area contributed by atoms with E-state index in [2.05, 4.69) is 31.2 Å². The average molecular weight is 408 g/mol. The molecule has 3 rings (SSSR count). The van der Waals surface area contributed by atoms with Crippen molar-refractivity contribution in [3.05, 3.63) is 75.5 Å². The maximum Gasteiger partial charge on any atom is 0.212 e. The predicted octanol–water partition coefficient (Wildman–Crippen LogP) is 4.87. The molecule has 4 nitrogen and oxygen atoms in total. The molecule has 0 unspecified atom stereocenters. The molecule has 0 aliphatic heterocycles. The third kappa shape index (κ3) is 4.43. The molecule has 23 heavy (non-hydrogen) atoms. The molecule has 0 aliphatic rings. The van der Waals surface area contributed by atoms with Crippen molar-refractivity contribution in [2.24, 2.45) is 5.10 Å². The number of halogens is 2. The molecule has 2 aromatic carbocycles. The second-order valence-electron chi connectivity index (χ2n) is 4.64. The summed E-state index contributed by atoms with van der Waals surface area (Å²) in [6.45, 7) is 0. The zero-order valence-electron chi connectivity index (χ0n) is 11.9. The summed E-state index contributed by atoms with van der Waals surface area (Å²) in [5.41, 5.74) is 2.17. The summed E-state index contributed by atoms with van der Waals surface area (Å²) in [7, 11) is 0. The highest BCUT2D eigenvalue weighted by atomic mass is 79.9. The molecule has 0 atom stereocenters. The molecular formula is C16H12BrClN4S. The standard InChI is InChI=1S/C16H12BrClN4S/c17-15-4-2-1-3-13(15)9-20-22-11-19-21-16(22)23-10-12-5-7-14(18)8-6-12/h1-9,11H,10H2/b20-9-. The quantitative estimate of drug-likeness (QED) is 0.448. The minimum atomic E-state index is 0.736. The summed E-state index contributed by atoms with van der Waals surface area (Å²) in [6.07, 6.45) is 3.37. The van der Waals surface area contributed by atoms with E-state index >= 15 is 0 Å². The molecule has 0 saturated heterocycles. The summed E-state index contributed by atoms with van der Waals surface area (Å²) in [4.78, 5) is 0. The fourth-order valence-electron chi connectivity index (χ4n) is 1.83. The molecule has 0 fully saturated rings. The van der Waals surface area contributed by atoms with Gasteiger partial charge in [-0.05, 0) is 23.8 Å². The second-order valence-corrected chi connectivity index (χ2v) is 6.87. The summed E-state index contributed by atoms with van der Waals surface area (Å²) >= 11 is 11.0. The van der Waals surface area contributed by atoms with Crippen LogP contribution in [-0.2, 0) is 5.75 Å². The first kappa shape index (κ1) is 16.2. The number of hydrogen-bond acceptors (Lipinski definition) is 4. The van der Waals surface area contributed by atoms with Gasteiger partial charge in [0.25, 0.3) is 0 Å². The number of hydrogen-bond donors (Lipinski definition) is 0. The Bertz CT molecular complexity index is 817. The number of thioether (sulfide) groups is 1. The van der Waals surface area contributed by atoms with E-state index in [-0.39, 0.29) is 0 Å². The molecule has 0 bridgehead atoms. The van der Waals surface area contributed by atoms with Crippen LogP contribution < -0.4 is 0 Å². The van der Waals surface area contributed by atoms with Gasteiger partial charge in [0.2, 0.25) is 5.16 Å². The molecule has 0 saturated carbocycles. The minimum absolute atomic E-state index is 0.736. The maximum atomic E-state index is 5.89. The zero-order valence-corrected chi connectivity index (χ0v) is 15.1. The van der Waals surface area contributed by atoms with Gasteiger partial charge in [-0.3, -0.25) is 0 Å². The van der Waals surface area contributed by atoms with Crippen LogP contribution in [0.4, 0.5) is 0 Å². The first-order valence-corrected chi connectivity index (χ1v) is 8.94. The van der Waals surface area contributed by atoms with Crippen LogP contribution in [-0.4, -0.2) is 21.1 Å². The van der Waals surface area contributed by atoms with Gasteiger partial charge < -0.3 is 0 Å². The van der Waals surface area contributed by atoms with Gasteiger partial charge in [-0.15, -0.1) is 10.2 Å². The van der Waals surface area contributed by atoms with Gasteiger partial charge in [0.1, 0.15) is 6.33 Å². The van der Waals surface area contributed by atoms with Gasteiger partial charge in [-0.25, -0.2) is 0 Å². The number of nitrogens with zero attached hydrogens (tertiary/aromatic N) is 4. The molecule has 7 heteroatoms. The lowest BCUT2D eigenvalue weighted by atomic mass is 10.2. The third-order valence-electron chi connectivity index (χ3n) is 3.01. The maximum absolute atomic E-state index is 5.89. The lowest BCUT2D eigenvalue weighted by Gasteiger charge is -2.02. The van der Waals surface area contributed by atoms with E-state index in [0.717, 1.165) is 26.0 Å². The van der Waals surface area contributed by atoms with E-state index in [1.807, 2.05) is 48.5 Å². The van der Waals surface area contributed by atoms with Crippen LogP contribution in [0.2, 0.25) is 5.02 Å². The van der Waals surface area contributed by atoms with Crippen LogP contribution in [0.25, 0.3) is 0 Å². The van der Waals surface area contributed by atoms with E-state index in [1.165, 1.54) is 5.56 Å². The average Bonchev–Trinajstić information content (AvgIpc) is 3.01. The Morgan fingerprint density at radius 3 is 2.74 bits per heavy atom. The van der Waals surface area contributed by atoms with Crippen LogP contribution in [0.5, 0.6) is 0 Å². The fraction of sp³-hybridized carbons (Fsp3) is 0.0625. The largest absolute Gasteiger partial charge is 0.212 e. The highest BCUT2D eigenvalue weighted by molar-refractivity contribution is 9.10. The van der Waals surface area contributed by atoms with Gasteiger partial charge in [0.15, 0.2) is 0 Å². The zero-order chi connectivity index (χ0) is 16.1. The highest BCUT2D eigenvalue weighted by Crippen LogP contribution is 2.22. The van der Waals surface area contributed by atoms with Crippen LogP contribution >= 0.6 is 39.3 Å². The SMILES string of the molecule is Clc1ccc(CSc2nncn2/N=C\c2ccccc2Br)cc1. The first-order chi connectivity index (χ1) is 11.2. The number of aromatic nitrogens is 3. The molecule has 0 N–H and O–H groups in total. The second kappa shape index (κ2) is 7.77. The Kier molecular flexibility index (Phi) is 5.48. The summed E-state index contributed by atoms with van der Waals surface area (Å²) in [6, 6.07) is 15.7.